The first-order chi connectivity index (χ1) is 11.0. The van der Waals surface area contributed by atoms with E-state index in [1.165, 1.54) is 11.3 Å². The van der Waals surface area contributed by atoms with Gasteiger partial charge in [-0.05, 0) is 42.0 Å². The van der Waals surface area contributed by atoms with Crippen LogP contribution in [-0.2, 0) is 0 Å². The summed E-state index contributed by atoms with van der Waals surface area (Å²) in [5, 5.41) is 1.92. The molecule has 6 heteroatoms. The lowest BCUT2D eigenvalue weighted by molar-refractivity contribution is 0.104. The molecule has 3 aromatic rings. The highest BCUT2D eigenvalue weighted by Crippen LogP contribution is 2.37. The number of rotatable bonds is 3. The van der Waals surface area contributed by atoms with E-state index in [1.807, 2.05) is 0 Å². The van der Waals surface area contributed by atoms with E-state index in [2.05, 4.69) is 0 Å². The van der Waals surface area contributed by atoms with Crippen LogP contribution >= 0.6 is 46.1 Å². The number of carbonyl (C=O) groups is 1. The second-order valence-electron chi connectivity index (χ2n) is 4.86. The molecule has 0 fully saturated rings. The predicted octanol–water partition coefficient (Wildman–Crippen LogP) is 6.19. The largest absolute Gasteiger partial charge is 0.391 e. The zero-order valence-corrected chi connectivity index (χ0v) is 14.7. The quantitative estimate of drug-likeness (QED) is 0.549. The fourth-order valence-corrected chi connectivity index (χ4v) is 3.92. The number of nitrogens with two attached hydrogens (primary N) is 1. The molecule has 0 saturated carbocycles. The summed E-state index contributed by atoms with van der Waals surface area (Å²) in [6, 6.07) is 13.8. The standard InChI is InChI=1S/C17H10Cl3NOS/c18-10-5-9(6-11(19)7-10)13-8-15(21)23-17(13)16(22)12-3-1-2-4-14(12)20/h1-8H,21H2. The molecule has 2 nitrogen and oxygen atoms in total. The van der Waals surface area contributed by atoms with Gasteiger partial charge in [0.05, 0.1) is 14.9 Å². The number of carbonyl (C=O) groups excluding carboxylic acids is 1. The Morgan fingerprint density at radius 3 is 2.26 bits per heavy atom. The van der Waals surface area contributed by atoms with E-state index < -0.39 is 0 Å². The van der Waals surface area contributed by atoms with Crippen LogP contribution in [-0.4, -0.2) is 5.78 Å². The number of ketones is 1. The molecule has 0 aliphatic carbocycles. The van der Waals surface area contributed by atoms with Crippen LogP contribution in [0.15, 0.2) is 48.5 Å². The maximum atomic E-state index is 12.8. The van der Waals surface area contributed by atoms with E-state index in [0.29, 0.717) is 36.1 Å². The van der Waals surface area contributed by atoms with Crippen molar-refractivity contribution in [1.29, 1.82) is 0 Å². The minimum atomic E-state index is -0.177. The van der Waals surface area contributed by atoms with Gasteiger partial charge < -0.3 is 5.73 Å². The van der Waals surface area contributed by atoms with Gasteiger partial charge in [-0.25, -0.2) is 0 Å². The Kier molecular flexibility index (Phi) is 4.64. The molecule has 0 amide bonds. The molecule has 0 unspecified atom stereocenters. The van der Waals surface area contributed by atoms with Gasteiger partial charge >= 0.3 is 0 Å². The van der Waals surface area contributed by atoms with Crippen LogP contribution in [0.5, 0.6) is 0 Å². The molecular weight excluding hydrogens is 373 g/mol. The summed E-state index contributed by atoms with van der Waals surface area (Å²) in [4.78, 5) is 13.4. The first kappa shape index (κ1) is 16.3. The number of thiophene rings is 1. The first-order valence-electron chi connectivity index (χ1n) is 6.60. The zero-order chi connectivity index (χ0) is 16.6. The summed E-state index contributed by atoms with van der Waals surface area (Å²) in [6.45, 7) is 0. The van der Waals surface area contributed by atoms with Gasteiger partial charge in [0.15, 0.2) is 0 Å². The number of benzene rings is 2. The monoisotopic (exact) mass is 381 g/mol. The Morgan fingerprint density at radius 1 is 0.957 bits per heavy atom. The number of anilines is 1. The average Bonchev–Trinajstić information content (AvgIpc) is 2.88. The van der Waals surface area contributed by atoms with Crippen molar-refractivity contribution in [3.8, 4) is 11.1 Å². The summed E-state index contributed by atoms with van der Waals surface area (Å²) >= 11 is 19.5. The molecule has 0 saturated heterocycles. The minimum absolute atomic E-state index is 0.177. The molecule has 3 rings (SSSR count). The molecule has 0 aliphatic rings. The third-order valence-electron chi connectivity index (χ3n) is 3.25. The summed E-state index contributed by atoms with van der Waals surface area (Å²) in [6.07, 6.45) is 0. The van der Waals surface area contributed by atoms with Gasteiger partial charge in [-0.2, -0.15) is 0 Å². The smallest absolute Gasteiger partial charge is 0.205 e. The number of hydrogen-bond donors (Lipinski definition) is 1. The summed E-state index contributed by atoms with van der Waals surface area (Å²) in [7, 11) is 0. The molecular formula is C17H10Cl3NOS. The highest BCUT2D eigenvalue weighted by molar-refractivity contribution is 7.18. The van der Waals surface area contributed by atoms with Crippen molar-refractivity contribution in [3.63, 3.8) is 0 Å². The van der Waals surface area contributed by atoms with E-state index in [-0.39, 0.29) is 5.78 Å². The van der Waals surface area contributed by atoms with Crippen LogP contribution < -0.4 is 5.73 Å². The van der Waals surface area contributed by atoms with Gasteiger partial charge in [0, 0.05) is 21.2 Å². The van der Waals surface area contributed by atoms with Crippen LogP contribution in [0.3, 0.4) is 0 Å². The zero-order valence-electron chi connectivity index (χ0n) is 11.6. The first-order valence-corrected chi connectivity index (χ1v) is 8.56. The molecule has 0 atom stereocenters. The van der Waals surface area contributed by atoms with Gasteiger partial charge in [0.2, 0.25) is 5.78 Å². The SMILES string of the molecule is Nc1cc(-c2cc(Cl)cc(Cl)c2)c(C(=O)c2ccccc2Cl)s1. The normalized spacial score (nSPS) is 10.7. The lowest BCUT2D eigenvalue weighted by atomic mass is 10.0. The second kappa shape index (κ2) is 6.54. The van der Waals surface area contributed by atoms with E-state index >= 15 is 0 Å². The van der Waals surface area contributed by atoms with Gasteiger partial charge in [-0.1, -0.05) is 46.9 Å². The van der Waals surface area contributed by atoms with Crippen molar-refractivity contribution in [2.75, 3.05) is 5.73 Å². The average molecular weight is 383 g/mol. The van der Waals surface area contributed by atoms with E-state index in [9.17, 15) is 4.79 Å². The van der Waals surface area contributed by atoms with E-state index in [1.54, 1.807) is 48.5 Å². The lowest BCUT2D eigenvalue weighted by Gasteiger charge is -2.06. The van der Waals surface area contributed by atoms with E-state index in [4.69, 9.17) is 40.5 Å². The van der Waals surface area contributed by atoms with Crippen LogP contribution in [0.2, 0.25) is 15.1 Å². The summed E-state index contributed by atoms with van der Waals surface area (Å²) in [5.41, 5.74) is 7.79. The van der Waals surface area contributed by atoms with Gasteiger partial charge in [0.25, 0.3) is 0 Å². The number of nitrogen functional groups attached to an aromatic ring is 1. The van der Waals surface area contributed by atoms with Crippen molar-refractivity contribution in [1.82, 2.24) is 0 Å². The third kappa shape index (κ3) is 3.38. The Hall–Kier alpha value is -1.52. The minimum Gasteiger partial charge on any atom is -0.391 e. The Bertz CT molecular complexity index is 884. The molecule has 1 heterocycles. The van der Waals surface area contributed by atoms with Crippen LogP contribution in [0.4, 0.5) is 5.00 Å². The van der Waals surface area contributed by atoms with Gasteiger partial charge in [0.1, 0.15) is 0 Å². The molecule has 2 N–H and O–H groups in total. The molecule has 0 aliphatic heterocycles. The second-order valence-corrected chi connectivity index (χ2v) is 7.22. The van der Waals surface area contributed by atoms with Crippen molar-refractivity contribution in [2.45, 2.75) is 0 Å². The van der Waals surface area contributed by atoms with Crippen LogP contribution in [0, 0.1) is 0 Å². The molecule has 0 bridgehead atoms. The van der Waals surface area contributed by atoms with E-state index in [0.717, 1.165) is 5.56 Å². The van der Waals surface area contributed by atoms with Crippen molar-refractivity contribution in [3.05, 3.63) is 74.0 Å². The highest BCUT2D eigenvalue weighted by atomic mass is 35.5. The fraction of sp³-hybridized carbons (Fsp3) is 0. The molecule has 1 aromatic heterocycles. The maximum Gasteiger partial charge on any atom is 0.205 e. The molecule has 2 aromatic carbocycles. The Balaban J connectivity index is 2.15. The third-order valence-corrected chi connectivity index (χ3v) is 4.98. The Labute approximate surface area is 152 Å². The Morgan fingerprint density at radius 2 is 1.61 bits per heavy atom. The van der Waals surface area contributed by atoms with Crippen LogP contribution in [0.1, 0.15) is 15.2 Å². The molecule has 23 heavy (non-hydrogen) atoms. The molecule has 0 spiro atoms. The number of hydrogen-bond acceptors (Lipinski definition) is 3. The number of halogens is 3. The molecule has 0 radical (unpaired) electrons. The summed E-state index contributed by atoms with van der Waals surface area (Å²) in [5.74, 6) is -0.177. The molecule has 116 valence electrons. The summed E-state index contributed by atoms with van der Waals surface area (Å²) < 4.78 is 0. The topological polar surface area (TPSA) is 43.1 Å². The fourth-order valence-electron chi connectivity index (χ4n) is 2.27. The van der Waals surface area contributed by atoms with Crippen molar-refractivity contribution in [2.24, 2.45) is 0 Å². The van der Waals surface area contributed by atoms with Crippen molar-refractivity contribution >= 4 is 56.9 Å². The maximum absolute atomic E-state index is 12.8. The highest BCUT2D eigenvalue weighted by Gasteiger charge is 2.20. The van der Waals surface area contributed by atoms with Crippen LogP contribution in [0.25, 0.3) is 11.1 Å². The van der Waals surface area contributed by atoms with Gasteiger partial charge in [-0.3, -0.25) is 4.79 Å². The van der Waals surface area contributed by atoms with Crippen molar-refractivity contribution < 1.29 is 4.79 Å². The predicted molar refractivity (Wildman–Crippen MR) is 99.1 cm³/mol. The van der Waals surface area contributed by atoms with Gasteiger partial charge in [-0.15, -0.1) is 11.3 Å². The lowest BCUT2D eigenvalue weighted by Crippen LogP contribution is -2.01.